The molecule has 0 aromatic carbocycles. The van der Waals surface area contributed by atoms with Gasteiger partial charge in [-0.05, 0) is 101 Å². The Morgan fingerprint density at radius 1 is 0.655 bits per heavy atom. The number of anilines is 3. The first-order valence-corrected chi connectivity index (χ1v) is 23.4. The smallest absolute Gasteiger partial charge is 0.253 e. The van der Waals surface area contributed by atoms with Gasteiger partial charge in [-0.1, -0.05) is 0 Å². The Labute approximate surface area is 338 Å². The van der Waals surface area contributed by atoms with E-state index < -0.39 is 22.4 Å². The van der Waals surface area contributed by atoms with Gasteiger partial charge in [0.2, 0.25) is 11.2 Å². The van der Waals surface area contributed by atoms with Crippen LogP contribution in [-0.2, 0) is 54.1 Å². The highest BCUT2D eigenvalue weighted by atomic mass is 35.5. The average Bonchev–Trinajstić information content (AvgIpc) is 3.79. The van der Waals surface area contributed by atoms with Crippen LogP contribution in [0.4, 0.5) is 17.6 Å². The fourth-order valence-electron chi connectivity index (χ4n) is 7.71. The molecule has 308 valence electrons. The van der Waals surface area contributed by atoms with E-state index in [1.807, 2.05) is 7.05 Å². The normalized spacial score (nSPS) is 23.5. The van der Waals surface area contributed by atoms with E-state index in [1.165, 1.54) is 19.3 Å². The fraction of sp³-hybridized carbons (Fsp3) is 0.789. The van der Waals surface area contributed by atoms with Crippen molar-refractivity contribution in [3.8, 4) is 0 Å². The van der Waals surface area contributed by atoms with E-state index in [0.717, 1.165) is 180 Å². The number of nitrogens with one attached hydrogen (secondary N) is 3. The molecule has 17 heteroatoms. The molecule has 2 aromatic heterocycles. The van der Waals surface area contributed by atoms with Crippen molar-refractivity contribution in [2.45, 2.75) is 98.9 Å². The highest BCUT2D eigenvalue weighted by Crippen LogP contribution is 2.34. The molecule has 4 saturated heterocycles. The number of aromatic nitrogens is 4. The van der Waals surface area contributed by atoms with Crippen molar-refractivity contribution in [3.63, 3.8) is 0 Å². The van der Waals surface area contributed by atoms with Crippen LogP contribution < -0.4 is 20.9 Å². The predicted octanol–water partition coefficient (Wildman–Crippen LogP) is 5.08. The van der Waals surface area contributed by atoms with Gasteiger partial charge in [-0.15, -0.1) is 0 Å². The lowest BCUT2D eigenvalue weighted by atomic mass is 9.96. The van der Waals surface area contributed by atoms with E-state index in [0.29, 0.717) is 17.9 Å². The summed E-state index contributed by atoms with van der Waals surface area (Å²) in [4.78, 5) is 22.0. The molecule has 0 aliphatic carbocycles. The van der Waals surface area contributed by atoms with Crippen molar-refractivity contribution in [2.24, 2.45) is 11.8 Å². The number of hydrogen-bond donors (Lipinski definition) is 5. The molecule has 2 atom stereocenters. The van der Waals surface area contributed by atoms with Crippen LogP contribution in [0.5, 0.6) is 0 Å². The second-order valence-electron chi connectivity index (χ2n) is 15.2. The summed E-state index contributed by atoms with van der Waals surface area (Å²) < 4.78 is 42.0. The van der Waals surface area contributed by atoms with Crippen LogP contribution in [0.1, 0.15) is 75.6 Å². The number of nitrogens with zero attached hydrogens (tertiary/aromatic N) is 5. The van der Waals surface area contributed by atoms with Crippen LogP contribution in [0.15, 0.2) is 9.79 Å². The molecule has 0 bridgehead atoms. The first-order valence-electron chi connectivity index (χ1n) is 20.3. The van der Waals surface area contributed by atoms with Gasteiger partial charge in [0.05, 0.1) is 0 Å². The lowest BCUT2D eigenvalue weighted by molar-refractivity contribution is 0.0641. The van der Waals surface area contributed by atoms with E-state index in [2.05, 4.69) is 37.9 Å². The molecule has 8 rings (SSSR count). The van der Waals surface area contributed by atoms with E-state index in [4.69, 9.17) is 40.5 Å². The van der Waals surface area contributed by atoms with Crippen molar-refractivity contribution in [1.29, 1.82) is 0 Å². The summed E-state index contributed by atoms with van der Waals surface area (Å²) in [5.74, 6) is 5.46. The van der Waals surface area contributed by atoms with E-state index in [1.54, 1.807) is 0 Å². The second kappa shape index (κ2) is 22.4. The average molecular weight is 828 g/mol. The minimum atomic E-state index is -0.749. The minimum Gasteiger partial charge on any atom is -0.381 e. The van der Waals surface area contributed by atoms with Crippen LogP contribution in [-0.4, -0.2) is 133 Å². The van der Waals surface area contributed by atoms with Crippen molar-refractivity contribution in [3.05, 3.63) is 16.7 Å². The number of rotatable bonds is 11. The van der Waals surface area contributed by atoms with Crippen LogP contribution in [0.25, 0.3) is 0 Å². The van der Waals surface area contributed by atoms with Gasteiger partial charge in [-0.25, -0.2) is 9.97 Å². The maximum atomic E-state index is 10.5. The summed E-state index contributed by atoms with van der Waals surface area (Å²) in [6.07, 6.45) is 12.8. The third-order valence-corrected chi connectivity index (χ3v) is 14.3. The summed E-state index contributed by atoms with van der Waals surface area (Å²) in [6, 6.07) is 0.696. The Kier molecular flexibility index (Phi) is 17.5. The number of hydrogen-bond acceptors (Lipinski definition) is 14. The molecule has 0 amide bonds. The Balaban J connectivity index is 0.000000157. The second-order valence-corrected chi connectivity index (χ2v) is 18.6. The van der Waals surface area contributed by atoms with Crippen molar-refractivity contribution in [1.82, 2.24) is 25.3 Å². The van der Waals surface area contributed by atoms with Gasteiger partial charge in [0.1, 0.15) is 11.4 Å². The Morgan fingerprint density at radius 2 is 1.11 bits per heavy atom. The van der Waals surface area contributed by atoms with Gasteiger partial charge >= 0.3 is 0 Å². The number of aryl methyl sites for hydroxylation is 2. The van der Waals surface area contributed by atoms with Crippen LogP contribution >= 0.6 is 11.6 Å². The van der Waals surface area contributed by atoms with Crippen LogP contribution in [0.3, 0.4) is 0 Å². The molecule has 55 heavy (non-hydrogen) atoms. The largest absolute Gasteiger partial charge is 0.381 e. The highest BCUT2D eigenvalue weighted by Gasteiger charge is 2.40. The highest BCUT2D eigenvalue weighted by molar-refractivity contribution is 7.92. The van der Waals surface area contributed by atoms with E-state index in [9.17, 15) is 9.11 Å². The first kappa shape index (κ1) is 42.9. The molecule has 0 saturated carbocycles. The molecule has 5 N–H and O–H groups in total. The summed E-state index contributed by atoms with van der Waals surface area (Å²) in [5.41, 5.74) is 1.90. The maximum absolute atomic E-state index is 10.5. The zero-order chi connectivity index (χ0) is 38.4. The van der Waals surface area contributed by atoms with Crippen molar-refractivity contribution in [2.75, 3.05) is 107 Å². The monoisotopic (exact) mass is 826 g/mol. The van der Waals surface area contributed by atoms with Gasteiger partial charge < -0.3 is 39.8 Å². The van der Waals surface area contributed by atoms with E-state index >= 15 is 0 Å². The molecule has 14 nitrogen and oxygen atoms in total. The lowest BCUT2D eigenvalue weighted by Gasteiger charge is -2.26. The Morgan fingerprint density at radius 3 is 1.62 bits per heavy atom. The predicted molar refractivity (Wildman–Crippen MR) is 221 cm³/mol. The third-order valence-electron chi connectivity index (χ3n) is 11.2. The van der Waals surface area contributed by atoms with Gasteiger partial charge in [-0.2, -0.15) is 19.1 Å². The first-order chi connectivity index (χ1) is 26.9. The van der Waals surface area contributed by atoms with Gasteiger partial charge in [0, 0.05) is 91.4 Å². The van der Waals surface area contributed by atoms with Gasteiger partial charge in [0.25, 0.3) is 9.79 Å². The summed E-state index contributed by atoms with van der Waals surface area (Å²) in [7, 11) is 4.09. The van der Waals surface area contributed by atoms with Gasteiger partial charge in [0.15, 0.2) is 45.5 Å². The summed E-state index contributed by atoms with van der Waals surface area (Å²) >= 11 is 4.44. The summed E-state index contributed by atoms with van der Waals surface area (Å²) in [5, 5.41) is 10.4. The summed E-state index contributed by atoms with van der Waals surface area (Å²) in [6.45, 7) is 8.95. The number of ether oxygens (including phenoxy) is 4. The molecule has 8 heterocycles. The zero-order valence-electron chi connectivity index (χ0n) is 32.7. The van der Waals surface area contributed by atoms with Crippen molar-refractivity contribution >= 4 is 51.5 Å². The SMILES string of the molecule is CN(CCC1CCOCC1)c1nc2c(c(NC3CCOCC3)n1)[S+](O)CC2.CNCCC1CCOCC1.O[S+]1CCc2nc(Cl)nc(NC3CCOCC3)c21. The molecule has 0 radical (unpaired) electrons. The molecule has 0 spiro atoms. The minimum absolute atomic E-state index is 0.252. The molecule has 2 unspecified atom stereocenters. The Hall–Kier alpha value is -1.73. The topological polar surface area (TPSA) is 168 Å². The molecular formula is C38H63ClN8O6S2+2. The molecule has 4 fully saturated rings. The number of halogens is 1. The fourth-order valence-corrected chi connectivity index (χ4v) is 10.6. The van der Waals surface area contributed by atoms with Crippen molar-refractivity contribution < 1.29 is 28.1 Å². The lowest BCUT2D eigenvalue weighted by Crippen LogP contribution is -2.30. The molecule has 6 aliphatic rings. The van der Waals surface area contributed by atoms with Crippen LogP contribution in [0.2, 0.25) is 5.28 Å². The quantitative estimate of drug-likeness (QED) is 0.150. The molecule has 2 aromatic rings. The van der Waals surface area contributed by atoms with E-state index in [-0.39, 0.29) is 5.28 Å². The Bertz CT molecular complexity index is 1460. The third kappa shape index (κ3) is 12.9. The van der Waals surface area contributed by atoms with Crippen LogP contribution in [0, 0.1) is 11.8 Å². The number of fused-ring (bicyclic) bond motifs is 2. The standard InChI is InChI=1S/C19H31N4O3S.C11H15ClN3O2S.C8H17NO/c1-23(8-2-14-3-9-25-10-4-14)19-21-16-7-13-27(24)17(16)18(22-19)20-15-5-11-26-12-6-15;12-11-14-8-3-6-18(16)9(8)10(15-11)13-7-1-4-17-5-2-7;1-9-5-2-8-3-6-10-7-4-8/h14-15,24H,2-13H2,1H3,(H,20,21,22);7,16H,1-6H2,(H,13,14,15);8-9H,2-7H2,1H3/q2*+1;. The molecular weight excluding hydrogens is 764 g/mol. The molecule has 6 aliphatic heterocycles. The zero-order valence-corrected chi connectivity index (χ0v) is 35.1. The van der Waals surface area contributed by atoms with Gasteiger partial charge in [-0.3, -0.25) is 0 Å². The maximum Gasteiger partial charge on any atom is 0.253 e.